The lowest BCUT2D eigenvalue weighted by molar-refractivity contribution is 0.599. The first-order chi connectivity index (χ1) is 10.3. The third-order valence-corrected chi connectivity index (χ3v) is 6.14. The quantitative estimate of drug-likeness (QED) is 0.842. The second kappa shape index (κ2) is 6.46. The maximum atomic E-state index is 12.1. The van der Waals surface area contributed by atoms with Gasteiger partial charge in [0.1, 0.15) is 0 Å². The Kier molecular flexibility index (Phi) is 4.83. The molecule has 0 heterocycles. The molecule has 6 heteroatoms. The van der Waals surface area contributed by atoms with Crippen LogP contribution in [0.1, 0.15) is 5.56 Å². The number of sulfone groups is 2. The van der Waals surface area contributed by atoms with E-state index in [0.29, 0.717) is 0 Å². The second-order valence-electron chi connectivity index (χ2n) is 4.82. The van der Waals surface area contributed by atoms with E-state index in [9.17, 15) is 16.8 Å². The molecule has 0 aromatic heterocycles. The normalized spacial score (nSPS) is 12.6. The van der Waals surface area contributed by atoms with Gasteiger partial charge in [0.2, 0.25) is 0 Å². The van der Waals surface area contributed by atoms with E-state index in [2.05, 4.69) is 0 Å². The maximum absolute atomic E-state index is 12.1. The summed E-state index contributed by atoms with van der Waals surface area (Å²) in [5.41, 5.74) is 0.959. The van der Waals surface area contributed by atoms with Crippen LogP contribution in [0.5, 0.6) is 0 Å². The fourth-order valence-corrected chi connectivity index (χ4v) is 4.08. The number of hydrogen-bond acceptors (Lipinski definition) is 4. The van der Waals surface area contributed by atoms with Gasteiger partial charge in [-0.1, -0.05) is 42.0 Å². The fourth-order valence-electron chi connectivity index (χ4n) is 1.82. The molecular formula is C16H16O4S2. The summed E-state index contributed by atoms with van der Waals surface area (Å²) in [6.45, 7) is 1.86. The minimum Gasteiger partial charge on any atom is -0.223 e. The van der Waals surface area contributed by atoms with Crippen LogP contribution in [-0.2, 0) is 19.7 Å². The first kappa shape index (κ1) is 16.5. The van der Waals surface area contributed by atoms with E-state index in [-0.39, 0.29) is 15.5 Å². The highest BCUT2D eigenvalue weighted by atomic mass is 32.2. The zero-order valence-corrected chi connectivity index (χ0v) is 13.6. The van der Waals surface area contributed by atoms with Gasteiger partial charge in [0.25, 0.3) is 0 Å². The van der Waals surface area contributed by atoms with Crippen LogP contribution in [0.15, 0.2) is 75.9 Å². The lowest BCUT2D eigenvalue weighted by Gasteiger charge is -2.02. The summed E-state index contributed by atoms with van der Waals surface area (Å²) in [6.07, 6.45) is 1.16. The van der Waals surface area contributed by atoms with Crippen molar-refractivity contribution in [2.45, 2.75) is 16.7 Å². The summed E-state index contributed by atoms with van der Waals surface area (Å²) in [5.74, 6) is -0.359. The largest absolute Gasteiger partial charge is 0.223 e. The molecule has 0 spiro atoms. The third-order valence-electron chi connectivity index (χ3n) is 3.04. The van der Waals surface area contributed by atoms with Crippen molar-refractivity contribution < 1.29 is 16.8 Å². The molecule has 0 saturated carbocycles. The van der Waals surface area contributed by atoms with Gasteiger partial charge in [-0.25, -0.2) is 16.8 Å². The number of hydrogen-bond donors (Lipinski definition) is 0. The van der Waals surface area contributed by atoms with Gasteiger partial charge in [-0.15, -0.1) is 0 Å². The molecule has 0 aliphatic heterocycles. The highest BCUT2D eigenvalue weighted by molar-refractivity contribution is 7.94. The Labute approximate surface area is 131 Å². The molecule has 0 fully saturated rings. The van der Waals surface area contributed by atoms with Crippen LogP contribution in [0.2, 0.25) is 0 Å². The van der Waals surface area contributed by atoms with Crippen molar-refractivity contribution in [3.05, 3.63) is 71.6 Å². The lowest BCUT2D eigenvalue weighted by Crippen LogP contribution is -2.05. The van der Waals surface area contributed by atoms with Crippen LogP contribution >= 0.6 is 0 Å². The first-order valence-electron chi connectivity index (χ1n) is 6.57. The number of benzene rings is 2. The topological polar surface area (TPSA) is 68.3 Å². The Morgan fingerprint density at radius 2 is 1.41 bits per heavy atom. The molecule has 0 saturated heterocycles. The molecule has 0 atom stereocenters. The first-order valence-corrected chi connectivity index (χ1v) is 9.77. The highest BCUT2D eigenvalue weighted by Crippen LogP contribution is 2.14. The molecule has 2 aromatic carbocycles. The number of aryl methyl sites for hydroxylation is 1. The van der Waals surface area contributed by atoms with Gasteiger partial charge < -0.3 is 0 Å². The van der Waals surface area contributed by atoms with Gasteiger partial charge in [-0.3, -0.25) is 0 Å². The van der Waals surface area contributed by atoms with Gasteiger partial charge in [0.15, 0.2) is 19.7 Å². The zero-order chi connectivity index (χ0) is 16.2. The maximum Gasteiger partial charge on any atom is 0.199 e. The molecule has 4 nitrogen and oxygen atoms in total. The Hall–Kier alpha value is -1.92. The highest BCUT2D eigenvalue weighted by Gasteiger charge is 2.14. The summed E-state index contributed by atoms with van der Waals surface area (Å²) < 4.78 is 48.3. The fraction of sp³-hybridized carbons (Fsp3) is 0.125. The van der Waals surface area contributed by atoms with Crippen molar-refractivity contribution in [1.29, 1.82) is 0 Å². The van der Waals surface area contributed by atoms with Crippen molar-refractivity contribution in [2.24, 2.45) is 0 Å². The smallest absolute Gasteiger partial charge is 0.199 e. The van der Waals surface area contributed by atoms with Gasteiger partial charge in [-0.2, -0.15) is 0 Å². The van der Waals surface area contributed by atoms with E-state index in [0.717, 1.165) is 17.0 Å². The minimum absolute atomic E-state index is 0.138. The van der Waals surface area contributed by atoms with Gasteiger partial charge in [0, 0.05) is 5.41 Å². The molecule has 0 N–H and O–H groups in total. The van der Waals surface area contributed by atoms with Crippen LogP contribution in [0.4, 0.5) is 0 Å². The molecule has 22 heavy (non-hydrogen) atoms. The molecule has 2 aromatic rings. The van der Waals surface area contributed by atoms with Crippen molar-refractivity contribution in [3.8, 4) is 0 Å². The Morgan fingerprint density at radius 1 is 0.818 bits per heavy atom. The second-order valence-corrected chi connectivity index (χ2v) is 8.69. The monoisotopic (exact) mass is 336 g/mol. The zero-order valence-electron chi connectivity index (χ0n) is 12.0. The molecule has 0 unspecified atom stereocenters. The molecule has 0 bridgehead atoms. The van der Waals surface area contributed by atoms with Crippen molar-refractivity contribution >= 4 is 19.7 Å². The molecule has 0 amide bonds. The van der Waals surface area contributed by atoms with E-state index in [1.54, 1.807) is 30.3 Å². The van der Waals surface area contributed by atoms with Gasteiger partial charge in [0.05, 0.1) is 15.5 Å². The average molecular weight is 336 g/mol. The van der Waals surface area contributed by atoms with E-state index in [1.165, 1.54) is 24.3 Å². The van der Waals surface area contributed by atoms with Crippen molar-refractivity contribution in [3.63, 3.8) is 0 Å². The molecule has 0 aliphatic rings. The third kappa shape index (κ3) is 4.05. The summed E-state index contributed by atoms with van der Waals surface area (Å²) in [4.78, 5) is 0.318. The molecule has 0 radical (unpaired) electrons. The standard InChI is InChI=1S/C16H16O4S2/c1-14-8-10-16(11-9-14)22(19,20)13-5-12-21(17,18)15-6-3-2-4-7-15/h2-12H,13H2,1H3. The van der Waals surface area contributed by atoms with Gasteiger partial charge >= 0.3 is 0 Å². The van der Waals surface area contributed by atoms with E-state index in [1.807, 2.05) is 6.92 Å². The predicted octanol–water partition coefficient (Wildman–Crippen LogP) is 2.76. The lowest BCUT2D eigenvalue weighted by atomic mass is 10.2. The van der Waals surface area contributed by atoms with Crippen LogP contribution in [0.3, 0.4) is 0 Å². The Balaban J connectivity index is 2.17. The predicted molar refractivity (Wildman–Crippen MR) is 86.0 cm³/mol. The van der Waals surface area contributed by atoms with Crippen LogP contribution in [0, 0.1) is 6.92 Å². The summed E-state index contributed by atoms with van der Waals surface area (Å²) in [7, 11) is -7.15. The van der Waals surface area contributed by atoms with Gasteiger partial charge in [-0.05, 0) is 31.2 Å². The molecule has 2 rings (SSSR count). The van der Waals surface area contributed by atoms with Crippen LogP contribution in [0.25, 0.3) is 0 Å². The Bertz CT molecular complexity index is 864. The van der Waals surface area contributed by atoms with Crippen LogP contribution < -0.4 is 0 Å². The molecule has 0 aliphatic carbocycles. The SMILES string of the molecule is Cc1ccc(S(=O)(=O)CC=CS(=O)(=O)c2ccccc2)cc1. The van der Waals surface area contributed by atoms with Crippen molar-refractivity contribution in [2.75, 3.05) is 5.75 Å². The van der Waals surface area contributed by atoms with E-state index in [4.69, 9.17) is 0 Å². The summed E-state index contributed by atoms with van der Waals surface area (Å²) in [5, 5.41) is 0.939. The summed E-state index contributed by atoms with van der Waals surface area (Å²) in [6, 6.07) is 14.3. The number of rotatable bonds is 5. The average Bonchev–Trinajstić information content (AvgIpc) is 2.48. The Morgan fingerprint density at radius 3 is 2.00 bits per heavy atom. The molecule has 116 valence electrons. The minimum atomic E-state index is -3.62. The van der Waals surface area contributed by atoms with Crippen LogP contribution in [-0.4, -0.2) is 22.6 Å². The molecular weight excluding hydrogens is 320 g/mol. The van der Waals surface area contributed by atoms with E-state index >= 15 is 0 Å². The summed E-state index contributed by atoms with van der Waals surface area (Å²) >= 11 is 0. The van der Waals surface area contributed by atoms with E-state index < -0.39 is 19.7 Å². The van der Waals surface area contributed by atoms with Crippen molar-refractivity contribution in [1.82, 2.24) is 0 Å².